The maximum atomic E-state index is 13.8. The molecule has 2 heterocycles. The second-order valence-electron chi connectivity index (χ2n) is 12.4. The van der Waals surface area contributed by atoms with Crippen LogP contribution in [0.1, 0.15) is 38.9 Å². The van der Waals surface area contributed by atoms with Gasteiger partial charge in [-0.1, -0.05) is 61.6 Å². The lowest BCUT2D eigenvalue weighted by Crippen LogP contribution is -2.47. The zero-order valence-corrected chi connectivity index (χ0v) is 27.8. The van der Waals surface area contributed by atoms with Crippen molar-refractivity contribution in [2.24, 2.45) is 7.05 Å². The first kappa shape index (κ1) is 31.4. The maximum absolute atomic E-state index is 13.8. The molecule has 4 aromatic rings. The molecule has 2 N–H and O–H groups in total. The summed E-state index contributed by atoms with van der Waals surface area (Å²) in [4.78, 5) is 27.0. The van der Waals surface area contributed by atoms with Crippen LogP contribution in [0.25, 0.3) is 17.2 Å². The van der Waals surface area contributed by atoms with Crippen molar-refractivity contribution in [2.75, 3.05) is 11.9 Å². The van der Waals surface area contributed by atoms with Crippen LogP contribution < -0.4 is 10.6 Å². The highest BCUT2D eigenvalue weighted by Crippen LogP contribution is 2.35. The van der Waals surface area contributed by atoms with E-state index in [0.717, 1.165) is 46.3 Å². The monoisotopic (exact) mass is 630 g/mol. The molecule has 0 saturated heterocycles. The minimum absolute atomic E-state index is 0.341. The summed E-state index contributed by atoms with van der Waals surface area (Å²) in [6.07, 6.45) is 5.42. The van der Waals surface area contributed by atoms with Gasteiger partial charge in [0.15, 0.2) is 0 Å². The molecular weight excluding hydrogens is 592 g/mol. The second kappa shape index (κ2) is 12.9. The number of carbonyl (C=O) groups is 2. The zero-order chi connectivity index (χ0) is 31.6. The fourth-order valence-electron chi connectivity index (χ4n) is 5.43. The van der Waals surface area contributed by atoms with Crippen molar-refractivity contribution in [3.63, 3.8) is 0 Å². The quantitative estimate of drug-likeness (QED) is 0.147. The van der Waals surface area contributed by atoms with Crippen molar-refractivity contribution in [2.45, 2.75) is 58.2 Å². The van der Waals surface area contributed by atoms with E-state index >= 15 is 0 Å². The molecule has 1 aliphatic carbocycles. The molecule has 0 spiro atoms. The van der Waals surface area contributed by atoms with Gasteiger partial charge in [-0.2, -0.15) is 10.2 Å². The molecule has 0 fully saturated rings. The number of fused-ring (bicyclic) bond motifs is 1. The summed E-state index contributed by atoms with van der Waals surface area (Å²) in [6, 6.07) is 15.1. The van der Waals surface area contributed by atoms with Crippen LogP contribution in [0.5, 0.6) is 0 Å². The average molecular weight is 631 g/mol. The largest absolute Gasteiger partial charge is 0.360 e. The van der Waals surface area contributed by atoms with Crippen LogP contribution in [0.3, 0.4) is 0 Å². The Hall–Kier alpha value is -3.99. The van der Waals surface area contributed by atoms with E-state index in [1.807, 2.05) is 73.1 Å². The van der Waals surface area contributed by atoms with Crippen molar-refractivity contribution < 1.29 is 14.3 Å². The summed E-state index contributed by atoms with van der Waals surface area (Å²) >= 11 is 6.31. The Morgan fingerprint density at radius 3 is 2.52 bits per heavy atom. The Balaban J connectivity index is 1.33. The molecule has 2 atom stereocenters. The van der Waals surface area contributed by atoms with E-state index in [-0.39, 0.29) is 5.91 Å². The average Bonchev–Trinajstić information content (AvgIpc) is 3.66. The standard InChI is InChI=1S/C33H39ClN6O3Si/c1-21-30(22(2)40(38-21)20-43-17-18-44(4,5)6)24-8-12-26(13-9-24)36-33(42)31(37-32(41)29-15-16-35-39(29)3)27-14-10-23-7-11-25(34)19-28(23)27/h7-16,19,27,31H,17-18,20H2,1-6H3,(H,36,42)(H,37,41)/t27-,31+/m1/s1. The molecule has 0 saturated carbocycles. The molecule has 0 unspecified atom stereocenters. The van der Waals surface area contributed by atoms with Crippen LogP contribution in [0.15, 0.2) is 60.8 Å². The number of nitrogens with one attached hydrogen (secondary N) is 2. The number of rotatable bonds is 11. The lowest BCUT2D eigenvalue weighted by Gasteiger charge is -2.24. The van der Waals surface area contributed by atoms with Gasteiger partial charge in [-0.05, 0) is 66.9 Å². The molecular formula is C33H39ClN6O3Si. The van der Waals surface area contributed by atoms with Crippen LogP contribution in [-0.4, -0.2) is 52.1 Å². The topological polar surface area (TPSA) is 103 Å². The number of anilines is 1. The molecule has 5 rings (SSSR count). The van der Waals surface area contributed by atoms with E-state index in [0.29, 0.717) is 23.1 Å². The number of aryl methyl sites for hydroxylation is 2. The number of aromatic nitrogens is 4. The molecule has 2 amide bonds. The van der Waals surface area contributed by atoms with Crippen molar-refractivity contribution in [3.05, 3.63) is 94.0 Å². The van der Waals surface area contributed by atoms with Crippen LogP contribution >= 0.6 is 11.6 Å². The Morgan fingerprint density at radius 2 is 1.84 bits per heavy atom. The van der Waals surface area contributed by atoms with Crippen molar-refractivity contribution in [1.29, 1.82) is 0 Å². The molecule has 1 aliphatic rings. The molecule has 230 valence electrons. The van der Waals surface area contributed by atoms with E-state index in [4.69, 9.17) is 21.4 Å². The summed E-state index contributed by atoms with van der Waals surface area (Å²) in [5.74, 6) is -1.13. The normalized spacial score (nSPS) is 14.8. The van der Waals surface area contributed by atoms with Gasteiger partial charge in [0, 0.05) is 55.8 Å². The zero-order valence-electron chi connectivity index (χ0n) is 26.0. The van der Waals surface area contributed by atoms with Gasteiger partial charge in [-0.25, -0.2) is 4.68 Å². The fraction of sp³-hybridized carbons (Fsp3) is 0.333. The van der Waals surface area contributed by atoms with E-state index < -0.39 is 25.9 Å². The van der Waals surface area contributed by atoms with Crippen LogP contribution in [0.2, 0.25) is 30.7 Å². The van der Waals surface area contributed by atoms with Crippen LogP contribution in [0.4, 0.5) is 5.69 Å². The lowest BCUT2D eigenvalue weighted by molar-refractivity contribution is -0.118. The molecule has 0 aliphatic heterocycles. The smallest absolute Gasteiger partial charge is 0.270 e. The Bertz CT molecular complexity index is 1700. The van der Waals surface area contributed by atoms with E-state index in [9.17, 15) is 9.59 Å². The highest BCUT2D eigenvalue weighted by Gasteiger charge is 2.34. The van der Waals surface area contributed by atoms with Gasteiger partial charge in [0.1, 0.15) is 18.5 Å². The number of ether oxygens (including phenoxy) is 1. The molecule has 44 heavy (non-hydrogen) atoms. The van der Waals surface area contributed by atoms with E-state index in [2.05, 4.69) is 35.4 Å². The number of halogens is 1. The Labute approximate surface area is 264 Å². The van der Waals surface area contributed by atoms with E-state index in [1.165, 1.54) is 4.68 Å². The van der Waals surface area contributed by atoms with Gasteiger partial charge < -0.3 is 15.4 Å². The number of amides is 2. The summed E-state index contributed by atoms with van der Waals surface area (Å²) in [5.41, 5.74) is 6.79. The summed E-state index contributed by atoms with van der Waals surface area (Å²) in [6.45, 7) is 12.2. The van der Waals surface area contributed by atoms with E-state index in [1.54, 1.807) is 19.3 Å². The number of nitrogens with zero attached hydrogens (tertiary/aromatic N) is 4. The number of benzene rings is 2. The van der Waals surface area contributed by atoms with Gasteiger partial charge in [-0.3, -0.25) is 14.3 Å². The first-order valence-electron chi connectivity index (χ1n) is 14.7. The third-order valence-electron chi connectivity index (χ3n) is 7.91. The van der Waals surface area contributed by atoms with Gasteiger partial charge in [-0.15, -0.1) is 0 Å². The Kier molecular flexibility index (Phi) is 9.24. The maximum Gasteiger partial charge on any atom is 0.270 e. The molecule has 2 aromatic heterocycles. The summed E-state index contributed by atoms with van der Waals surface area (Å²) in [5, 5.41) is 15.3. The van der Waals surface area contributed by atoms with Crippen molar-refractivity contribution in [1.82, 2.24) is 24.9 Å². The van der Waals surface area contributed by atoms with Gasteiger partial charge in [0.2, 0.25) is 5.91 Å². The van der Waals surface area contributed by atoms with Gasteiger partial charge in [0.25, 0.3) is 5.91 Å². The number of hydrogen-bond donors (Lipinski definition) is 2. The van der Waals surface area contributed by atoms with Gasteiger partial charge >= 0.3 is 0 Å². The minimum atomic E-state index is -1.16. The first-order chi connectivity index (χ1) is 20.9. The molecule has 2 aromatic carbocycles. The lowest BCUT2D eigenvalue weighted by atomic mass is 9.92. The summed E-state index contributed by atoms with van der Waals surface area (Å²) in [7, 11) is 0.527. The number of hydrogen-bond acceptors (Lipinski definition) is 5. The fourth-order valence-corrected chi connectivity index (χ4v) is 6.37. The Morgan fingerprint density at radius 1 is 1.09 bits per heavy atom. The third kappa shape index (κ3) is 7.04. The predicted molar refractivity (Wildman–Crippen MR) is 178 cm³/mol. The van der Waals surface area contributed by atoms with Crippen molar-refractivity contribution in [3.8, 4) is 11.1 Å². The van der Waals surface area contributed by atoms with Gasteiger partial charge in [0.05, 0.1) is 5.69 Å². The van der Waals surface area contributed by atoms with Crippen LogP contribution in [0, 0.1) is 13.8 Å². The number of carbonyl (C=O) groups excluding carboxylic acids is 2. The molecule has 11 heteroatoms. The minimum Gasteiger partial charge on any atom is -0.360 e. The molecule has 0 radical (unpaired) electrons. The first-order valence-corrected chi connectivity index (χ1v) is 18.8. The van der Waals surface area contributed by atoms with Crippen molar-refractivity contribution >= 4 is 43.3 Å². The SMILES string of the molecule is Cc1nn(COCC[Si](C)(C)C)c(C)c1-c1ccc(NC(=O)[C@@H](NC(=O)c2ccnn2C)[C@@H]2C=Cc3ccc(Cl)cc32)cc1. The molecule has 9 nitrogen and oxygen atoms in total. The third-order valence-corrected chi connectivity index (χ3v) is 9.84. The summed E-state index contributed by atoms with van der Waals surface area (Å²) < 4.78 is 9.31. The van der Waals surface area contributed by atoms with Crippen LogP contribution in [-0.2, 0) is 23.3 Å². The highest BCUT2D eigenvalue weighted by atomic mass is 35.5. The highest BCUT2D eigenvalue weighted by molar-refractivity contribution is 6.76. The predicted octanol–water partition coefficient (Wildman–Crippen LogP) is 6.41. The molecule has 0 bridgehead atoms. The second-order valence-corrected chi connectivity index (χ2v) is 18.5.